The fraction of sp³-hybridized carbons (Fsp3) is 0.444. The van der Waals surface area contributed by atoms with Gasteiger partial charge < -0.3 is 10.4 Å². The van der Waals surface area contributed by atoms with Crippen LogP contribution >= 0.6 is 0 Å². The van der Waals surface area contributed by atoms with Crippen molar-refractivity contribution in [2.24, 2.45) is 0 Å². The lowest BCUT2D eigenvalue weighted by Crippen LogP contribution is -2.49. The van der Waals surface area contributed by atoms with Crippen LogP contribution in [0.3, 0.4) is 0 Å². The predicted molar refractivity (Wildman–Crippen MR) is 131 cm³/mol. The Morgan fingerprint density at radius 2 is 1.63 bits per heavy atom. The molecule has 3 aromatic rings. The third kappa shape index (κ3) is 5.44. The van der Waals surface area contributed by atoms with Crippen molar-refractivity contribution in [2.75, 3.05) is 44.6 Å². The zero-order valence-corrected chi connectivity index (χ0v) is 19.7. The SMILES string of the molecule is OC(CNc1c2c(nc3ccccc13)CCCC2)CN1CCN(Cc2cc(F)c(F)cc2F)CC1. The average molecular weight is 485 g/mol. The number of aliphatic hydroxyl groups is 1. The van der Waals surface area contributed by atoms with E-state index in [4.69, 9.17) is 4.98 Å². The number of para-hydroxylation sites is 1. The van der Waals surface area contributed by atoms with Gasteiger partial charge >= 0.3 is 0 Å². The lowest BCUT2D eigenvalue weighted by Gasteiger charge is -2.35. The lowest BCUT2D eigenvalue weighted by atomic mass is 9.92. The molecule has 5 nitrogen and oxygen atoms in total. The van der Waals surface area contributed by atoms with E-state index in [1.54, 1.807) is 0 Å². The maximum Gasteiger partial charge on any atom is 0.161 e. The van der Waals surface area contributed by atoms with Crippen molar-refractivity contribution in [3.05, 3.63) is 70.7 Å². The second-order valence-corrected chi connectivity index (χ2v) is 9.61. The van der Waals surface area contributed by atoms with E-state index in [2.05, 4.69) is 16.3 Å². The average Bonchev–Trinajstić information content (AvgIpc) is 2.86. The highest BCUT2D eigenvalue weighted by atomic mass is 19.2. The largest absolute Gasteiger partial charge is 0.390 e. The van der Waals surface area contributed by atoms with E-state index in [-0.39, 0.29) is 12.1 Å². The molecule has 2 aliphatic rings. The van der Waals surface area contributed by atoms with E-state index >= 15 is 0 Å². The van der Waals surface area contributed by atoms with Gasteiger partial charge in [0, 0.05) is 74.2 Å². The Morgan fingerprint density at radius 3 is 2.46 bits per heavy atom. The summed E-state index contributed by atoms with van der Waals surface area (Å²) in [5.41, 5.74) is 4.69. The fourth-order valence-corrected chi connectivity index (χ4v) is 5.21. The van der Waals surface area contributed by atoms with Gasteiger partial charge in [-0.15, -0.1) is 0 Å². The molecule has 0 spiro atoms. The van der Waals surface area contributed by atoms with E-state index in [1.807, 2.05) is 23.1 Å². The molecule has 2 N–H and O–H groups in total. The van der Waals surface area contributed by atoms with E-state index in [1.165, 1.54) is 11.3 Å². The molecule has 1 aromatic heterocycles. The number of pyridine rings is 1. The van der Waals surface area contributed by atoms with Crippen LogP contribution < -0.4 is 5.32 Å². The Hall–Kier alpha value is -2.68. The van der Waals surface area contributed by atoms with Crippen LogP contribution in [-0.4, -0.2) is 65.3 Å². The highest BCUT2D eigenvalue weighted by molar-refractivity contribution is 5.93. The molecule has 8 heteroatoms. The van der Waals surface area contributed by atoms with Gasteiger partial charge in [-0.2, -0.15) is 0 Å². The highest BCUT2D eigenvalue weighted by Crippen LogP contribution is 2.33. The number of rotatable bonds is 7. The van der Waals surface area contributed by atoms with Crippen molar-refractivity contribution in [1.82, 2.24) is 14.8 Å². The molecular weight excluding hydrogens is 453 g/mol. The van der Waals surface area contributed by atoms with Crippen LogP contribution in [0.1, 0.15) is 29.7 Å². The highest BCUT2D eigenvalue weighted by Gasteiger charge is 2.22. The Balaban J connectivity index is 1.16. The first-order chi connectivity index (χ1) is 17.0. The number of β-amino-alcohol motifs (C(OH)–C–C–N with tert-alkyl or cyclic N) is 1. The Bertz CT molecular complexity index is 1200. The maximum atomic E-state index is 14.0. The molecule has 35 heavy (non-hydrogen) atoms. The van der Waals surface area contributed by atoms with Crippen LogP contribution in [0.15, 0.2) is 36.4 Å². The molecule has 1 aliphatic carbocycles. The van der Waals surface area contributed by atoms with E-state index in [0.29, 0.717) is 32.2 Å². The molecule has 0 amide bonds. The molecule has 1 unspecified atom stereocenters. The summed E-state index contributed by atoms with van der Waals surface area (Å²) in [5, 5.41) is 15.4. The number of hydrogen-bond acceptors (Lipinski definition) is 5. The van der Waals surface area contributed by atoms with Crippen LogP contribution in [0.4, 0.5) is 18.9 Å². The molecule has 1 saturated heterocycles. The van der Waals surface area contributed by atoms with Gasteiger partial charge in [-0.3, -0.25) is 14.8 Å². The smallest absolute Gasteiger partial charge is 0.161 e. The molecule has 1 atom stereocenters. The first kappa shape index (κ1) is 24.0. The van der Waals surface area contributed by atoms with Gasteiger partial charge in [0.15, 0.2) is 11.6 Å². The van der Waals surface area contributed by atoms with Gasteiger partial charge in [-0.25, -0.2) is 13.2 Å². The van der Waals surface area contributed by atoms with Crippen molar-refractivity contribution in [1.29, 1.82) is 0 Å². The van der Waals surface area contributed by atoms with Gasteiger partial charge in [-0.1, -0.05) is 18.2 Å². The Labute approximate surface area is 203 Å². The molecule has 2 heterocycles. The van der Waals surface area contributed by atoms with Crippen LogP contribution in [0, 0.1) is 17.5 Å². The minimum atomic E-state index is -1.17. The van der Waals surface area contributed by atoms with Gasteiger partial charge in [0.25, 0.3) is 0 Å². The van der Waals surface area contributed by atoms with Gasteiger partial charge in [0.05, 0.1) is 11.6 Å². The standard InChI is InChI=1S/C27H31F3N4O/c28-22-14-24(30)23(29)13-18(22)16-33-9-11-34(12-10-33)17-19(35)15-31-27-20-5-1-3-7-25(20)32-26-8-4-2-6-21(26)27/h1,3,5,7,13-14,19,35H,2,4,6,8-12,15-17H2,(H,31,32). The molecule has 2 aromatic carbocycles. The number of fused-ring (bicyclic) bond motifs is 2. The van der Waals surface area contributed by atoms with Crippen LogP contribution in [0.5, 0.6) is 0 Å². The summed E-state index contributed by atoms with van der Waals surface area (Å²) in [5.74, 6) is -2.92. The van der Waals surface area contributed by atoms with E-state index in [9.17, 15) is 18.3 Å². The third-order valence-corrected chi connectivity index (χ3v) is 7.10. The molecule has 186 valence electrons. The minimum absolute atomic E-state index is 0.162. The number of piperazine rings is 1. The van der Waals surface area contributed by atoms with Crippen LogP contribution in [-0.2, 0) is 19.4 Å². The van der Waals surface area contributed by atoms with Crippen LogP contribution in [0.2, 0.25) is 0 Å². The molecule has 0 saturated carbocycles. The monoisotopic (exact) mass is 484 g/mol. The Morgan fingerprint density at radius 1 is 0.914 bits per heavy atom. The molecule has 1 fully saturated rings. The molecule has 0 radical (unpaired) electrons. The molecule has 5 rings (SSSR count). The summed E-state index contributed by atoms with van der Waals surface area (Å²) in [6, 6.07) is 9.69. The minimum Gasteiger partial charge on any atom is -0.390 e. The number of nitrogens with zero attached hydrogens (tertiary/aromatic N) is 3. The van der Waals surface area contributed by atoms with Crippen LogP contribution in [0.25, 0.3) is 10.9 Å². The number of aryl methyl sites for hydroxylation is 1. The maximum absolute atomic E-state index is 14.0. The van der Waals surface area contributed by atoms with Crippen molar-refractivity contribution in [3.8, 4) is 0 Å². The number of hydrogen-bond donors (Lipinski definition) is 2. The molecule has 0 bridgehead atoms. The second kappa shape index (κ2) is 10.5. The Kier molecular flexibility index (Phi) is 7.22. The van der Waals surface area contributed by atoms with Gasteiger partial charge in [-0.05, 0) is 43.4 Å². The topological polar surface area (TPSA) is 51.6 Å². The van der Waals surface area contributed by atoms with Crippen molar-refractivity contribution >= 4 is 16.6 Å². The lowest BCUT2D eigenvalue weighted by molar-refractivity contribution is 0.0752. The number of aromatic nitrogens is 1. The summed E-state index contributed by atoms with van der Waals surface area (Å²) in [6.45, 7) is 3.99. The van der Waals surface area contributed by atoms with E-state index < -0.39 is 23.6 Å². The fourth-order valence-electron chi connectivity index (χ4n) is 5.21. The zero-order valence-electron chi connectivity index (χ0n) is 19.7. The first-order valence-electron chi connectivity index (χ1n) is 12.4. The summed E-state index contributed by atoms with van der Waals surface area (Å²) in [6.07, 6.45) is 3.77. The zero-order chi connectivity index (χ0) is 24.4. The number of benzene rings is 2. The summed E-state index contributed by atoms with van der Waals surface area (Å²) < 4.78 is 40.6. The predicted octanol–water partition coefficient (Wildman–Crippen LogP) is 4.12. The van der Waals surface area contributed by atoms with E-state index in [0.717, 1.165) is 61.4 Å². The number of halogens is 3. The summed E-state index contributed by atoms with van der Waals surface area (Å²) >= 11 is 0. The van der Waals surface area contributed by atoms with Crippen molar-refractivity contribution < 1.29 is 18.3 Å². The normalized spacial score (nSPS) is 17.9. The number of aliphatic hydroxyl groups excluding tert-OH is 1. The third-order valence-electron chi connectivity index (χ3n) is 7.10. The summed E-state index contributed by atoms with van der Waals surface area (Å²) in [4.78, 5) is 9.08. The van der Waals surface area contributed by atoms with Crippen molar-refractivity contribution in [2.45, 2.75) is 38.3 Å². The van der Waals surface area contributed by atoms with Gasteiger partial charge in [0.2, 0.25) is 0 Å². The molecular formula is C27H31F3N4O. The molecule has 1 aliphatic heterocycles. The number of nitrogens with one attached hydrogen (secondary N) is 1. The number of anilines is 1. The first-order valence-corrected chi connectivity index (χ1v) is 12.4. The summed E-state index contributed by atoms with van der Waals surface area (Å²) in [7, 11) is 0. The van der Waals surface area contributed by atoms with Gasteiger partial charge in [0.1, 0.15) is 5.82 Å². The second-order valence-electron chi connectivity index (χ2n) is 9.61. The van der Waals surface area contributed by atoms with Crippen molar-refractivity contribution in [3.63, 3.8) is 0 Å². The quantitative estimate of drug-likeness (QED) is 0.494.